The number of nitrogens with zero attached hydrogens (tertiary/aromatic N) is 5. The third-order valence-corrected chi connectivity index (χ3v) is 5.44. The second-order valence-corrected chi connectivity index (χ2v) is 7.27. The van der Waals surface area contributed by atoms with Crippen LogP contribution in [0.5, 0.6) is 0 Å². The van der Waals surface area contributed by atoms with E-state index in [4.69, 9.17) is 9.97 Å². The van der Waals surface area contributed by atoms with Crippen LogP contribution in [0.4, 0.5) is 5.82 Å². The van der Waals surface area contributed by atoms with Gasteiger partial charge in [0.1, 0.15) is 16.7 Å². The lowest BCUT2D eigenvalue weighted by atomic mass is 10.1. The molecule has 1 aromatic carbocycles. The highest BCUT2D eigenvalue weighted by atomic mass is 32.2. The SMILES string of the molecule is CCc1ncc2c(n1)CN(c1cncc(SCc3ccccc3)n1)CC2. The Hall–Kier alpha value is -2.47. The first-order chi connectivity index (χ1) is 12.8. The molecule has 0 radical (unpaired) electrons. The lowest BCUT2D eigenvalue weighted by molar-refractivity contribution is 0.679. The lowest BCUT2D eigenvalue weighted by Crippen LogP contribution is -2.32. The van der Waals surface area contributed by atoms with Gasteiger partial charge in [-0.05, 0) is 17.5 Å². The molecule has 6 heteroatoms. The van der Waals surface area contributed by atoms with Crippen LogP contribution in [-0.4, -0.2) is 26.5 Å². The normalized spacial score (nSPS) is 13.5. The molecule has 1 aliphatic heterocycles. The Morgan fingerprint density at radius 3 is 2.81 bits per heavy atom. The molecule has 2 aromatic heterocycles. The van der Waals surface area contributed by atoms with Crippen LogP contribution in [0.15, 0.2) is 53.9 Å². The summed E-state index contributed by atoms with van der Waals surface area (Å²) in [6.45, 7) is 3.77. The van der Waals surface area contributed by atoms with Gasteiger partial charge in [-0.25, -0.2) is 15.0 Å². The van der Waals surface area contributed by atoms with Gasteiger partial charge in [0.05, 0.1) is 24.6 Å². The smallest absolute Gasteiger partial charge is 0.148 e. The van der Waals surface area contributed by atoms with Crippen molar-refractivity contribution in [1.82, 2.24) is 19.9 Å². The second-order valence-electron chi connectivity index (χ2n) is 6.27. The van der Waals surface area contributed by atoms with Gasteiger partial charge in [-0.2, -0.15) is 0 Å². The molecule has 0 unspecified atom stereocenters. The fourth-order valence-corrected chi connectivity index (χ4v) is 3.80. The van der Waals surface area contributed by atoms with Crippen LogP contribution in [0.25, 0.3) is 0 Å². The van der Waals surface area contributed by atoms with Gasteiger partial charge in [0.25, 0.3) is 0 Å². The predicted octanol–water partition coefficient (Wildman–Crippen LogP) is 3.68. The summed E-state index contributed by atoms with van der Waals surface area (Å²) in [6.07, 6.45) is 7.48. The standard InChI is InChI=1S/C20H21N5S/c1-2-18-22-10-16-8-9-25(13-17(16)23-18)19-11-21-12-20(24-19)26-14-15-6-4-3-5-7-15/h3-7,10-12H,2,8-9,13-14H2,1H3. The summed E-state index contributed by atoms with van der Waals surface area (Å²) in [4.78, 5) is 20.6. The van der Waals surface area contributed by atoms with Crippen LogP contribution in [0.3, 0.4) is 0 Å². The molecule has 0 saturated carbocycles. The molecule has 4 rings (SSSR count). The molecule has 0 bridgehead atoms. The van der Waals surface area contributed by atoms with E-state index < -0.39 is 0 Å². The molecule has 0 saturated heterocycles. The number of hydrogen-bond acceptors (Lipinski definition) is 6. The van der Waals surface area contributed by atoms with Crippen molar-refractivity contribution >= 4 is 17.6 Å². The van der Waals surface area contributed by atoms with Crippen molar-refractivity contribution in [2.45, 2.75) is 37.1 Å². The van der Waals surface area contributed by atoms with Gasteiger partial charge in [0.15, 0.2) is 0 Å². The number of anilines is 1. The molecule has 3 heterocycles. The van der Waals surface area contributed by atoms with Crippen molar-refractivity contribution in [3.63, 3.8) is 0 Å². The van der Waals surface area contributed by atoms with Crippen molar-refractivity contribution in [3.8, 4) is 0 Å². The Morgan fingerprint density at radius 1 is 1.08 bits per heavy atom. The van der Waals surface area contributed by atoms with Gasteiger partial charge in [-0.1, -0.05) is 37.3 Å². The van der Waals surface area contributed by atoms with E-state index in [9.17, 15) is 0 Å². The number of aromatic nitrogens is 4. The maximum absolute atomic E-state index is 4.81. The van der Waals surface area contributed by atoms with Crippen LogP contribution in [0, 0.1) is 0 Å². The van der Waals surface area contributed by atoms with E-state index in [0.717, 1.165) is 54.0 Å². The van der Waals surface area contributed by atoms with E-state index in [2.05, 4.69) is 46.1 Å². The summed E-state index contributed by atoms with van der Waals surface area (Å²) in [5, 5.41) is 0.953. The molecular weight excluding hydrogens is 342 g/mol. The van der Waals surface area contributed by atoms with Crippen LogP contribution in [0.1, 0.15) is 29.6 Å². The second kappa shape index (κ2) is 7.83. The Bertz CT molecular complexity index is 884. The van der Waals surface area contributed by atoms with E-state index in [0.29, 0.717) is 0 Å². The van der Waals surface area contributed by atoms with Crippen LogP contribution in [-0.2, 0) is 25.1 Å². The first kappa shape index (κ1) is 17.0. The summed E-state index contributed by atoms with van der Waals surface area (Å²) in [6, 6.07) is 10.4. The minimum Gasteiger partial charge on any atom is -0.349 e. The lowest BCUT2D eigenvalue weighted by Gasteiger charge is -2.28. The van der Waals surface area contributed by atoms with E-state index in [1.165, 1.54) is 11.1 Å². The molecule has 0 amide bonds. The number of benzene rings is 1. The van der Waals surface area contributed by atoms with Gasteiger partial charge >= 0.3 is 0 Å². The molecule has 5 nitrogen and oxygen atoms in total. The Balaban J connectivity index is 1.48. The Morgan fingerprint density at radius 2 is 1.96 bits per heavy atom. The highest BCUT2D eigenvalue weighted by Gasteiger charge is 2.20. The minimum absolute atomic E-state index is 0.770. The highest BCUT2D eigenvalue weighted by Crippen LogP contribution is 2.25. The summed E-state index contributed by atoms with van der Waals surface area (Å²) >= 11 is 1.72. The third kappa shape index (κ3) is 3.85. The molecule has 0 N–H and O–H groups in total. The van der Waals surface area contributed by atoms with Gasteiger partial charge in [0.2, 0.25) is 0 Å². The zero-order valence-electron chi connectivity index (χ0n) is 14.8. The maximum atomic E-state index is 4.81. The molecule has 0 atom stereocenters. The topological polar surface area (TPSA) is 54.8 Å². The maximum Gasteiger partial charge on any atom is 0.148 e. The molecule has 26 heavy (non-hydrogen) atoms. The van der Waals surface area contributed by atoms with E-state index in [1.54, 1.807) is 11.8 Å². The van der Waals surface area contributed by atoms with Gasteiger partial charge in [-0.3, -0.25) is 4.98 Å². The number of thioether (sulfide) groups is 1. The van der Waals surface area contributed by atoms with E-state index >= 15 is 0 Å². The van der Waals surface area contributed by atoms with Crippen molar-refractivity contribution in [2.24, 2.45) is 0 Å². The minimum atomic E-state index is 0.770. The highest BCUT2D eigenvalue weighted by molar-refractivity contribution is 7.98. The van der Waals surface area contributed by atoms with E-state index in [-0.39, 0.29) is 0 Å². The average Bonchev–Trinajstić information content (AvgIpc) is 2.72. The first-order valence-electron chi connectivity index (χ1n) is 8.89. The molecular formula is C20H21N5S. The molecule has 1 aliphatic rings. The van der Waals surface area contributed by atoms with Crippen LogP contribution in [0.2, 0.25) is 0 Å². The Kier molecular flexibility index (Phi) is 5.11. The largest absolute Gasteiger partial charge is 0.349 e. The number of aryl methyl sites for hydroxylation is 1. The number of hydrogen-bond donors (Lipinski definition) is 0. The van der Waals surface area contributed by atoms with Crippen molar-refractivity contribution < 1.29 is 0 Å². The third-order valence-electron chi connectivity index (χ3n) is 4.47. The van der Waals surface area contributed by atoms with Crippen LogP contribution < -0.4 is 4.90 Å². The molecule has 3 aromatic rings. The number of rotatable bonds is 5. The van der Waals surface area contributed by atoms with Gasteiger partial charge in [-0.15, -0.1) is 11.8 Å². The summed E-state index contributed by atoms with van der Waals surface area (Å²) in [5.41, 5.74) is 3.66. The predicted molar refractivity (Wildman–Crippen MR) is 104 cm³/mol. The zero-order chi connectivity index (χ0) is 17.8. The number of fused-ring (bicyclic) bond motifs is 1. The van der Waals surface area contributed by atoms with Crippen molar-refractivity contribution in [1.29, 1.82) is 0 Å². The fourth-order valence-electron chi connectivity index (χ4n) is 3.00. The van der Waals surface area contributed by atoms with Crippen molar-refractivity contribution in [3.05, 3.63) is 71.6 Å². The van der Waals surface area contributed by atoms with E-state index in [1.807, 2.05) is 24.7 Å². The van der Waals surface area contributed by atoms with Gasteiger partial charge < -0.3 is 4.90 Å². The van der Waals surface area contributed by atoms with Crippen LogP contribution >= 0.6 is 11.8 Å². The summed E-state index contributed by atoms with van der Waals surface area (Å²) in [7, 11) is 0. The summed E-state index contributed by atoms with van der Waals surface area (Å²) in [5.74, 6) is 2.73. The molecule has 132 valence electrons. The monoisotopic (exact) mass is 363 g/mol. The molecule has 0 spiro atoms. The molecule has 0 fully saturated rings. The molecule has 0 aliphatic carbocycles. The first-order valence-corrected chi connectivity index (χ1v) is 9.88. The van der Waals surface area contributed by atoms with Gasteiger partial charge in [0, 0.05) is 24.9 Å². The quantitative estimate of drug-likeness (QED) is 0.645. The fraction of sp³-hybridized carbons (Fsp3) is 0.300. The van der Waals surface area contributed by atoms with Crippen molar-refractivity contribution in [2.75, 3.05) is 11.4 Å². The summed E-state index contributed by atoms with van der Waals surface area (Å²) < 4.78 is 0. The Labute approximate surface area is 157 Å². The average molecular weight is 363 g/mol. The zero-order valence-corrected chi connectivity index (χ0v) is 15.6.